The van der Waals surface area contributed by atoms with Gasteiger partial charge in [0, 0.05) is 6.54 Å². The average molecular weight is 251 g/mol. The van der Waals surface area contributed by atoms with Crippen LogP contribution < -0.4 is 5.32 Å². The lowest BCUT2D eigenvalue weighted by molar-refractivity contribution is -0.133. The molecule has 1 aliphatic heterocycles. The third kappa shape index (κ3) is 2.90. The zero-order valence-electron chi connectivity index (χ0n) is 11.3. The summed E-state index contributed by atoms with van der Waals surface area (Å²) in [6.07, 6.45) is 4.88. The number of hydrogen-bond acceptors (Lipinski definition) is 4. The number of likely N-dealkylation sites (N-methyl/N-ethyl adjacent to an activating group) is 1. The van der Waals surface area contributed by atoms with Crippen molar-refractivity contribution < 1.29 is 9.21 Å². The first-order chi connectivity index (χ1) is 8.52. The molecule has 2 rings (SSSR count). The highest BCUT2D eigenvalue weighted by atomic mass is 16.3. The second-order valence-corrected chi connectivity index (χ2v) is 5.70. The highest BCUT2D eigenvalue weighted by Gasteiger charge is 2.34. The minimum Gasteiger partial charge on any atom is -0.451 e. The Morgan fingerprint density at radius 2 is 2.39 bits per heavy atom. The van der Waals surface area contributed by atoms with Crippen molar-refractivity contribution in [1.82, 2.24) is 15.2 Å². The van der Waals surface area contributed by atoms with E-state index in [-0.39, 0.29) is 17.4 Å². The summed E-state index contributed by atoms with van der Waals surface area (Å²) < 4.78 is 4.95. The van der Waals surface area contributed by atoms with Gasteiger partial charge >= 0.3 is 0 Å². The molecule has 1 aromatic rings. The summed E-state index contributed by atoms with van der Waals surface area (Å²) in [6.45, 7) is 5.73. The molecule has 5 heteroatoms. The second-order valence-electron chi connectivity index (χ2n) is 5.70. The van der Waals surface area contributed by atoms with E-state index >= 15 is 0 Å². The first-order valence-electron chi connectivity index (χ1n) is 6.35. The molecule has 18 heavy (non-hydrogen) atoms. The molecule has 1 saturated heterocycles. The van der Waals surface area contributed by atoms with Crippen LogP contribution in [0.25, 0.3) is 0 Å². The number of nitrogens with zero attached hydrogens (tertiary/aromatic N) is 2. The molecule has 0 saturated carbocycles. The van der Waals surface area contributed by atoms with E-state index in [2.05, 4.69) is 24.1 Å². The molecule has 0 spiro atoms. The van der Waals surface area contributed by atoms with E-state index in [1.807, 2.05) is 11.9 Å². The molecule has 1 atom stereocenters. The molecule has 0 bridgehead atoms. The molecular formula is C13H21N3O2. The fraction of sp³-hybridized carbons (Fsp3) is 0.692. The van der Waals surface area contributed by atoms with Crippen LogP contribution in [-0.2, 0) is 11.3 Å². The first kappa shape index (κ1) is 13.1. The molecule has 1 amide bonds. The Kier molecular flexibility index (Phi) is 3.71. The van der Waals surface area contributed by atoms with Crippen molar-refractivity contribution in [3.8, 4) is 0 Å². The van der Waals surface area contributed by atoms with Crippen molar-refractivity contribution in [3.05, 3.63) is 18.4 Å². The Morgan fingerprint density at radius 1 is 1.61 bits per heavy atom. The number of carbonyl (C=O) groups is 1. The van der Waals surface area contributed by atoms with Gasteiger partial charge in [0.15, 0.2) is 6.39 Å². The molecule has 0 radical (unpaired) electrons. The highest BCUT2D eigenvalue weighted by Crippen LogP contribution is 2.30. The average Bonchev–Trinajstić information content (AvgIpc) is 2.79. The highest BCUT2D eigenvalue weighted by molar-refractivity contribution is 5.82. The topological polar surface area (TPSA) is 58.4 Å². The standard InChI is InChI=1S/C13H21N3O2/c1-13(2)4-5-16(7-10-8-18-9-15-10)12(17)11(6-13)14-3/h8-9,11,14H,4-7H2,1-3H3. The van der Waals surface area contributed by atoms with Crippen LogP contribution in [0, 0.1) is 5.41 Å². The van der Waals surface area contributed by atoms with Crippen LogP contribution in [0.2, 0.25) is 0 Å². The predicted molar refractivity (Wildman–Crippen MR) is 67.8 cm³/mol. The Bertz CT molecular complexity index is 400. The summed E-state index contributed by atoms with van der Waals surface area (Å²) in [5, 5.41) is 3.12. The molecule has 1 N–H and O–H groups in total. The van der Waals surface area contributed by atoms with Crippen LogP contribution in [0.5, 0.6) is 0 Å². The maximum atomic E-state index is 12.4. The van der Waals surface area contributed by atoms with Gasteiger partial charge in [-0.05, 0) is 25.3 Å². The maximum absolute atomic E-state index is 12.4. The Morgan fingerprint density at radius 3 is 3.00 bits per heavy atom. The van der Waals surface area contributed by atoms with Gasteiger partial charge < -0.3 is 14.6 Å². The number of nitrogens with one attached hydrogen (secondary N) is 1. The number of carbonyl (C=O) groups excluding carboxylic acids is 1. The van der Waals surface area contributed by atoms with E-state index in [4.69, 9.17) is 4.42 Å². The van der Waals surface area contributed by atoms with Crippen molar-refractivity contribution in [2.24, 2.45) is 5.41 Å². The summed E-state index contributed by atoms with van der Waals surface area (Å²) in [5.74, 6) is 0.158. The van der Waals surface area contributed by atoms with Crippen LogP contribution in [0.4, 0.5) is 0 Å². The fourth-order valence-electron chi connectivity index (χ4n) is 2.40. The molecule has 0 aromatic carbocycles. The largest absolute Gasteiger partial charge is 0.451 e. The molecule has 100 valence electrons. The molecule has 1 fully saturated rings. The van der Waals surface area contributed by atoms with Gasteiger partial charge in [0.2, 0.25) is 5.91 Å². The second kappa shape index (κ2) is 5.10. The molecule has 1 unspecified atom stereocenters. The van der Waals surface area contributed by atoms with Crippen LogP contribution in [-0.4, -0.2) is 35.4 Å². The summed E-state index contributed by atoms with van der Waals surface area (Å²) >= 11 is 0. The van der Waals surface area contributed by atoms with E-state index in [9.17, 15) is 4.79 Å². The van der Waals surface area contributed by atoms with E-state index < -0.39 is 0 Å². The molecular weight excluding hydrogens is 230 g/mol. The number of hydrogen-bond donors (Lipinski definition) is 1. The van der Waals surface area contributed by atoms with Crippen molar-refractivity contribution >= 4 is 5.91 Å². The molecule has 1 aromatic heterocycles. The van der Waals surface area contributed by atoms with E-state index in [1.165, 1.54) is 6.39 Å². The summed E-state index contributed by atoms with van der Waals surface area (Å²) in [7, 11) is 1.85. The Balaban J connectivity index is 2.12. The fourth-order valence-corrected chi connectivity index (χ4v) is 2.40. The quantitative estimate of drug-likeness (QED) is 0.882. The van der Waals surface area contributed by atoms with Gasteiger partial charge in [-0.15, -0.1) is 0 Å². The summed E-state index contributed by atoms with van der Waals surface area (Å²) in [5.41, 5.74) is 0.986. The van der Waals surface area contributed by atoms with Gasteiger partial charge in [0.25, 0.3) is 0 Å². The normalized spacial score (nSPS) is 24.1. The Labute approximate surface area is 108 Å². The number of likely N-dealkylation sites (tertiary alicyclic amines) is 1. The number of rotatable bonds is 3. The monoisotopic (exact) mass is 251 g/mol. The minimum atomic E-state index is -0.102. The predicted octanol–water partition coefficient (Wildman–Crippen LogP) is 1.41. The van der Waals surface area contributed by atoms with Crippen molar-refractivity contribution in [1.29, 1.82) is 0 Å². The van der Waals surface area contributed by atoms with Gasteiger partial charge in [-0.3, -0.25) is 4.79 Å². The smallest absolute Gasteiger partial charge is 0.240 e. The Hall–Kier alpha value is -1.36. The number of oxazole rings is 1. The van der Waals surface area contributed by atoms with Crippen LogP contribution in [0.3, 0.4) is 0 Å². The summed E-state index contributed by atoms with van der Waals surface area (Å²) in [4.78, 5) is 18.3. The lowest BCUT2D eigenvalue weighted by Gasteiger charge is -2.24. The van der Waals surface area contributed by atoms with Crippen molar-refractivity contribution in [2.75, 3.05) is 13.6 Å². The maximum Gasteiger partial charge on any atom is 0.240 e. The lowest BCUT2D eigenvalue weighted by Crippen LogP contribution is -2.44. The van der Waals surface area contributed by atoms with Crippen LogP contribution >= 0.6 is 0 Å². The SMILES string of the molecule is CNC1CC(C)(C)CCN(Cc2cocn2)C1=O. The zero-order chi connectivity index (χ0) is 13.2. The van der Waals surface area contributed by atoms with E-state index in [0.717, 1.165) is 25.1 Å². The van der Waals surface area contributed by atoms with Gasteiger partial charge in [-0.2, -0.15) is 0 Å². The van der Waals surface area contributed by atoms with Gasteiger partial charge in [-0.1, -0.05) is 13.8 Å². The lowest BCUT2D eigenvalue weighted by atomic mass is 9.83. The van der Waals surface area contributed by atoms with E-state index in [0.29, 0.717) is 6.54 Å². The summed E-state index contributed by atoms with van der Waals surface area (Å²) in [6, 6.07) is -0.102. The number of amides is 1. The number of aromatic nitrogens is 1. The minimum absolute atomic E-state index is 0.102. The molecule has 0 aliphatic carbocycles. The van der Waals surface area contributed by atoms with Gasteiger partial charge in [0.05, 0.1) is 18.3 Å². The zero-order valence-corrected chi connectivity index (χ0v) is 11.3. The third-order valence-electron chi connectivity index (χ3n) is 3.61. The molecule has 2 heterocycles. The van der Waals surface area contributed by atoms with Crippen molar-refractivity contribution in [2.45, 2.75) is 39.3 Å². The molecule has 1 aliphatic rings. The van der Waals surface area contributed by atoms with Gasteiger partial charge in [-0.25, -0.2) is 4.98 Å². The third-order valence-corrected chi connectivity index (χ3v) is 3.61. The van der Waals surface area contributed by atoms with Gasteiger partial charge in [0.1, 0.15) is 6.26 Å². The van der Waals surface area contributed by atoms with Crippen LogP contribution in [0.15, 0.2) is 17.1 Å². The van der Waals surface area contributed by atoms with E-state index in [1.54, 1.807) is 6.26 Å². The van der Waals surface area contributed by atoms with Crippen LogP contribution in [0.1, 0.15) is 32.4 Å². The van der Waals surface area contributed by atoms with Crippen molar-refractivity contribution in [3.63, 3.8) is 0 Å². The first-order valence-corrected chi connectivity index (χ1v) is 6.35. The molecule has 5 nitrogen and oxygen atoms in total.